The maximum atomic E-state index is 12.1. The minimum atomic E-state index is -0.410. The van der Waals surface area contributed by atoms with Crippen molar-refractivity contribution in [2.24, 2.45) is 0 Å². The van der Waals surface area contributed by atoms with Crippen LogP contribution >= 0.6 is 11.6 Å². The van der Waals surface area contributed by atoms with Gasteiger partial charge in [-0.1, -0.05) is 23.7 Å². The number of benzene rings is 1. The Hall–Kier alpha value is -2.11. The molecule has 1 unspecified atom stereocenters. The molecule has 1 aromatic carbocycles. The molecular weight excluding hydrogens is 330 g/mol. The normalized spacial score (nSPS) is 16.8. The Morgan fingerprint density at radius 2 is 2.25 bits per heavy atom. The van der Waals surface area contributed by atoms with E-state index in [0.717, 1.165) is 25.0 Å². The fraction of sp³-hybridized carbons (Fsp3) is 0.333. The lowest BCUT2D eigenvalue weighted by atomic mass is 10.2. The topological polar surface area (TPSA) is 57.7 Å². The molecule has 2 heterocycles. The van der Waals surface area contributed by atoms with E-state index in [9.17, 15) is 4.79 Å². The molecule has 1 saturated heterocycles. The van der Waals surface area contributed by atoms with E-state index in [-0.39, 0.29) is 12.7 Å². The number of hydrogen-bond acceptors (Lipinski definition) is 5. The Balaban J connectivity index is 1.54. The average Bonchev–Trinajstić information content (AvgIpc) is 3.13. The molecule has 0 spiro atoms. The fourth-order valence-corrected chi connectivity index (χ4v) is 2.51. The van der Waals surface area contributed by atoms with Gasteiger partial charge in [0.1, 0.15) is 24.1 Å². The van der Waals surface area contributed by atoms with Crippen LogP contribution in [0.5, 0.6) is 5.75 Å². The summed E-state index contributed by atoms with van der Waals surface area (Å²) in [7, 11) is 0. The number of halogens is 1. The third-order valence-electron chi connectivity index (χ3n) is 3.69. The SMILES string of the molecule is O=C(OCc1ccc(Cl)nc1)c1cccc(OCC2CCCO2)c1. The quantitative estimate of drug-likeness (QED) is 0.589. The zero-order valence-corrected chi connectivity index (χ0v) is 13.9. The number of ether oxygens (including phenoxy) is 3. The van der Waals surface area contributed by atoms with Crippen molar-refractivity contribution < 1.29 is 19.0 Å². The van der Waals surface area contributed by atoms with Crippen molar-refractivity contribution in [3.63, 3.8) is 0 Å². The van der Waals surface area contributed by atoms with Gasteiger partial charge in [-0.15, -0.1) is 0 Å². The summed E-state index contributed by atoms with van der Waals surface area (Å²) in [5.74, 6) is 0.223. The molecule has 1 fully saturated rings. The van der Waals surface area contributed by atoms with Crippen LogP contribution in [-0.2, 0) is 16.1 Å². The first-order valence-electron chi connectivity index (χ1n) is 7.83. The van der Waals surface area contributed by atoms with Crippen LogP contribution in [0.15, 0.2) is 42.6 Å². The molecule has 0 bridgehead atoms. The molecule has 0 saturated carbocycles. The smallest absolute Gasteiger partial charge is 0.338 e. The molecule has 0 N–H and O–H groups in total. The Morgan fingerprint density at radius 1 is 1.33 bits per heavy atom. The predicted molar refractivity (Wildman–Crippen MR) is 89.3 cm³/mol. The number of aromatic nitrogens is 1. The molecule has 0 radical (unpaired) electrons. The van der Waals surface area contributed by atoms with E-state index in [4.69, 9.17) is 25.8 Å². The van der Waals surface area contributed by atoms with Crippen molar-refractivity contribution in [3.8, 4) is 5.75 Å². The molecular formula is C18H18ClNO4. The van der Waals surface area contributed by atoms with Gasteiger partial charge in [0, 0.05) is 18.4 Å². The van der Waals surface area contributed by atoms with E-state index in [1.165, 1.54) is 0 Å². The Bertz CT molecular complexity index is 684. The lowest BCUT2D eigenvalue weighted by Crippen LogP contribution is -2.16. The molecule has 6 heteroatoms. The second kappa shape index (κ2) is 8.13. The number of rotatable bonds is 6. The molecule has 1 aromatic heterocycles. The van der Waals surface area contributed by atoms with Crippen LogP contribution in [0.25, 0.3) is 0 Å². The average molecular weight is 348 g/mol. The lowest BCUT2D eigenvalue weighted by Gasteiger charge is -2.12. The largest absolute Gasteiger partial charge is 0.491 e. The highest BCUT2D eigenvalue weighted by molar-refractivity contribution is 6.29. The number of nitrogens with zero attached hydrogens (tertiary/aromatic N) is 1. The third kappa shape index (κ3) is 4.69. The summed E-state index contributed by atoms with van der Waals surface area (Å²) in [5.41, 5.74) is 1.22. The summed E-state index contributed by atoms with van der Waals surface area (Å²) in [6.45, 7) is 1.43. The van der Waals surface area contributed by atoms with Crippen LogP contribution in [0.2, 0.25) is 5.15 Å². The van der Waals surface area contributed by atoms with Gasteiger partial charge in [-0.05, 0) is 37.1 Å². The highest BCUT2D eigenvalue weighted by atomic mass is 35.5. The van der Waals surface area contributed by atoms with Crippen molar-refractivity contribution in [2.45, 2.75) is 25.6 Å². The molecule has 3 rings (SSSR count). The third-order valence-corrected chi connectivity index (χ3v) is 3.91. The van der Waals surface area contributed by atoms with Crippen LogP contribution in [-0.4, -0.2) is 30.3 Å². The zero-order valence-electron chi connectivity index (χ0n) is 13.1. The Morgan fingerprint density at radius 3 is 3.00 bits per heavy atom. The van der Waals surface area contributed by atoms with Gasteiger partial charge in [-0.25, -0.2) is 9.78 Å². The molecule has 0 amide bonds. The maximum Gasteiger partial charge on any atom is 0.338 e. The minimum Gasteiger partial charge on any atom is -0.491 e. The maximum absolute atomic E-state index is 12.1. The first-order chi connectivity index (χ1) is 11.7. The van der Waals surface area contributed by atoms with Crippen LogP contribution in [0.4, 0.5) is 0 Å². The first kappa shape index (κ1) is 16.7. The van der Waals surface area contributed by atoms with Crippen molar-refractivity contribution in [2.75, 3.05) is 13.2 Å². The monoisotopic (exact) mass is 347 g/mol. The molecule has 1 aliphatic rings. The summed E-state index contributed by atoms with van der Waals surface area (Å²) in [4.78, 5) is 16.1. The van der Waals surface area contributed by atoms with Gasteiger partial charge in [0.15, 0.2) is 0 Å². The standard InChI is InChI=1S/C18H18ClNO4/c19-17-7-6-13(10-20-17)11-24-18(21)14-3-1-4-15(9-14)23-12-16-5-2-8-22-16/h1,3-4,6-7,9-10,16H,2,5,8,11-12H2. The van der Waals surface area contributed by atoms with E-state index < -0.39 is 5.97 Å². The molecule has 0 aliphatic carbocycles. The van der Waals surface area contributed by atoms with Crippen LogP contribution in [0, 0.1) is 0 Å². The number of carbonyl (C=O) groups excluding carboxylic acids is 1. The summed E-state index contributed by atoms with van der Waals surface area (Å²) in [5, 5.41) is 0.404. The van der Waals surface area contributed by atoms with Gasteiger partial charge in [0.05, 0.1) is 11.7 Å². The highest BCUT2D eigenvalue weighted by Gasteiger charge is 2.16. The van der Waals surface area contributed by atoms with Gasteiger partial charge in [-0.3, -0.25) is 0 Å². The minimum absolute atomic E-state index is 0.137. The van der Waals surface area contributed by atoms with E-state index in [0.29, 0.717) is 23.1 Å². The van der Waals surface area contributed by atoms with E-state index in [2.05, 4.69) is 4.98 Å². The van der Waals surface area contributed by atoms with Gasteiger partial charge in [0.2, 0.25) is 0 Å². The second-order valence-electron chi connectivity index (χ2n) is 5.54. The van der Waals surface area contributed by atoms with Gasteiger partial charge >= 0.3 is 5.97 Å². The molecule has 1 atom stereocenters. The molecule has 1 aliphatic heterocycles. The van der Waals surface area contributed by atoms with Gasteiger partial charge in [-0.2, -0.15) is 0 Å². The van der Waals surface area contributed by atoms with Crippen LogP contribution in [0.3, 0.4) is 0 Å². The van der Waals surface area contributed by atoms with E-state index >= 15 is 0 Å². The number of hydrogen-bond donors (Lipinski definition) is 0. The Labute approximate surface area is 145 Å². The van der Waals surface area contributed by atoms with E-state index in [1.807, 2.05) is 6.07 Å². The summed E-state index contributed by atoms with van der Waals surface area (Å²) in [6.07, 6.45) is 3.80. The number of esters is 1. The van der Waals surface area contributed by atoms with E-state index in [1.54, 1.807) is 36.5 Å². The highest BCUT2D eigenvalue weighted by Crippen LogP contribution is 2.18. The number of carbonyl (C=O) groups is 1. The summed E-state index contributed by atoms with van der Waals surface area (Å²) in [6, 6.07) is 10.4. The summed E-state index contributed by atoms with van der Waals surface area (Å²) < 4.78 is 16.5. The van der Waals surface area contributed by atoms with Gasteiger partial charge in [0.25, 0.3) is 0 Å². The lowest BCUT2D eigenvalue weighted by molar-refractivity contribution is 0.0471. The van der Waals surface area contributed by atoms with Crippen molar-refractivity contribution >= 4 is 17.6 Å². The summed E-state index contributed by atoms with van der Waals surface area (Å²) >= 11 is 5.72. The van der Waals surface area contributed by atoms with Crippen molar-refractivity contribution in [1.29, 1.82) is 0 Å². The molecule has 5 nitrogen and oxygen atoms in total. The van der Waals surface area contributed by atoms with Crippen molar-refractivity contribution in [1.82, 2.24) is 4.98 Å². The fourth-order valence-electron chi connectivity index (χ4n) is 2.40. The number of pyridine rings is 1. The first-order valence-corrected chi connectivity index (χ1v) is 8.20. The second-order valence-corrected chi connectivity index (χ2v) is 5.93. The van der Waals surface area contributed by atoms with Crippen LogP contribution < -0.4 is 4.74 Å². The molecule has 126 valence electrons. The predicted octanol–water partition coefficient (Wildman–Crippen LogP) is 3.65. The Kier molecular flexibility index (Phi) is 5.67. The van der Waals surface area contributed by atoms with Gasteiger partial charge < -0.3 is 14.2 Å². The zero-order chi connectivity index (χ0) is 16.8. The molecule has 24 heavy (non-hydrogen) atoms. The molecule has 2 aromatic rings. The van der Waals surface area contributed by atoms with Crippen LogP contribution in [0.1, 0.15) is 28.8 Å². The van der Waals surface area contributed by atoms with Crippen molar-refractivity contribution in [3.05, 3.63) is 58.9 Å².